The van der Waals surface area contributed by atoms with Crippen LogP contribution in [-0.4, -0.2) is 73.9 Å². The molecule has 0 unspecified atom stereocenters. The van der Waals surface area contributed by atoms with Crippen LogP contribution < -0.4 is 19.5 Å². The number of anilines is 1. The van der Waals surface area contributed by atoms with E-state index in [9.17, 15) is 14.4 Å². The molecule has 39 heavy (non-hydrogen) atoms. The van der Waals surface area contributed by atoms with Crippen molar-refractivity contribution in [1.82, 2.24) is 14.8 Å². The summed E-state index contributed by atoms with van der Waals surface area (Å²) in [6, 6.07) is 7.64. The number of methoxy groups -OCH3 is 5. The van der Waals surface area contributed by atoms with Crippen molar-refractivity contribution in [1.29, 1.82) is 0 Å². The van der Waals surface area contributed by atoms with Gasteiger partial charge in [0.25, 0.3) is 0 Å². The van der Waals surface area contributed by atoms with Crippen LogP contribution in [0.2, 0.25) is 0 Å². The van der Waals surface area contributed by atoms with Crippen molar-refractivity contribution in [3.63, 3.8) is 0 Å². The number of rotatable bonds is 12. The summed E-state index contributed by atoms with van der Waals surface area (Å²) in [5.41, 5.74) is 1.06. The van der Waals surface area contributed by atoms with Crippen LogP contribution in [-0.2, 0) is 20.8 Å². The van der Waals surface area contributed by atoms with E-state index in [0.717, 1.165) is 11.8 Å². The van der Waals surface area contributed by atoms with Gasteiger partial charge in [0.05, 0.1) is 52.4 Å². The molecule has 3 aromatic rings. The van der Waals surface area contributed by atoms with E-state index in [1.807, 2.05) is 0 Å². The Bertz CT molecular complexity index is 1330. The topological polar surface area (TPSA) is 140 Å². The summed E-state index contributed by atoms with van der Waals surface area (Å²) in [6.07, 6.45) is 1.68. The van der Waals surface area contributed by atoms with E-state index in [2.05, 4.69) is 22.1 Å². The molecule has 13 heteroatoms. The molecule has 0 radical (unpaired) electrons. The highest BCUT2D eigenvalue weighted by molar-refractivity contribution is 7.99. The fourth-order valence-corrected chi connectivity index (χ4v) is 4.36. The van der Waals surface area contributed by atoms with Gasteiger partial charge in [-0.05, 0) is 30.3 Å². The molecule has 0 spiro atoms. The van der Waals surface area contributed by atoms with Crippen LogP contribution in [0.3, 0.4) is 0 Å². The van der Waals surface area contributed by atoms with Crippen LogP contribution in [0.1, 0.15) is 20.7 Å². The lowest BCUT2D eigenvalue weighted by Gasteiger charge is -2.14. The summed E-state index contributed by atoms with van der Waals surface area (Å²) >= 11 is 1.15. The molecule has 0 aliphatic rings. The van der Waals surface area contributed by atoms with Gasteiger partial charge in [0, 0.05) is 17.8 Å². The highest BCUT2D eigenvalue weighted by atomic mass is 32.2. The molecule has 0 saturated carbocycles. The smallest absolute Gasteiger partial charge is 0.337 e. The van der Waals surface area contributed by atoms with Gasteiger partial charge in [-0.1, -0.05) is 17.8 Å². The summed E-state index contributed by atoms with van der Waals surface area (Å²) in [7, 11) is 6.98. The maximum Gasteiger partial charge on any atom is 0.337 e. The second-order valence-electron chi connectivity index (χ2n) is 7.74. The number of thioether (sulfide) groups is 1. The van der Waals surface area contributed by atoms with Crippen molar-refractivity contribution >= 4 is 35.3 Å². The van der Waals surface area contributed by atoms with Crippen LogP contribution in [0.4, 0.5) is 5.69 Å². The average molecular weight is 557 g/mol. The number of hydrogen-bond acceptors (Lipinski definition) is 11. The Balaban J connectivity index is 1.84. The van der Waals surface area contributed by atoms with Crippen LogP contribution in [0.25, 0.3) is 11.4 Å². The Morgan fingerprint density at radius 1 is 0.897 bits per heavy atom. The van der Waals surface area contributed by atoms with Crippen molar-refractivity contribution < 1.29 is 38.1 Å². The third kappa shape index (κ3) is 6.68. The number of benzene rings is 2. The number of allylic oxidation sites excluding steroid dienone is 1. The maximum absolute atomic E-state index is 12.8. The number of nitrogens with zero attached hydrogens (tertiary/aromatic N) is 3. The molecule has 0 bridgehead atoms. The summed E-state index contributed by atoms with van der Waals surface area (Å²) in [4.78, 5) is 36.8. The fourth-order valence-electron chi connectivity index (χ4n) is 3.61. The third-order valence-corrected chi connectivity index (χ3v) is 6.31. The molecule has 0 atom stereocenters. The molecular weight excluding hydrogens is 528 g/mol. The molecule has 1 amide bonds. The highest BCUT2D eigenvalue weighted by Gasteiger charge is 2.20. The quantitative estimate of drug-likeness (QED) is 0.199. The number of ether oxygens (including phenoxy) is 5. The Hall–Kier alpha value is -4.52. The minimum atomic E-state index is -0.664. The van der Waals surface area contributed by atoms with Crippen molar-refractivity contribution in [2.45, 2.75) is 11.7 Å². The standard InChI is InChI=1S/C26H28N4O8S/c1-7-8-30-23(15-12-19(34-2)22(36-4)20(13-15)35-3)28-29-26(30)39-14-21(31)27-18-10-16(24(32)37-5)9-17(11-18)25(33)38-6/h7,9-13H,1,8,14H2,2-6H3,(H,27,31). The van der Waals surface area contributed by atoms with E-state index in [1.165, 1.54) is 53.7 Å². The van der Waals surface area contributed by atoms with E-state index >= 15 is 0 Å². The fraction of sp³-hybridized carbons (Fsp3) is 0.269. The lowest BCUT2D eigenvalue weighted by atomic mass is 10.1. The molecule has 0 aliphatic carbocycles. The molecule has 2 aromatic carbocycles. The molecular formula is C26H28N4O8S. The minimum absolute atomic E-state index is 0.0411. The highest BCUT2D eigenvalue weighted by Crippen LogP contribution is 2.41. The van der Waals surface area contributed by atoms with Crippen molar-refractivity contribution in [2.24, 2.45) is 0 Å². The first-order chi connectivity index (χ1) is 18.8. The van der Waals surface area contributed by atoms with Gasteiger partial charge in [-0.25, -0.2) is 9.59 Å². The molecule has 0 saturated heterocycles. The van der Waals surface area contributed by atoms with Crippen LogP contribution in [0.5, 0.6) is 17.2 Å². The largest absolute Gasteiger partial charge is 0.493 e. The summed E-state index contributed by atoms with van der Waals surface area (Å²) in [5, 5.41) is 11.7. The second-order valence-corrected chi connectivity index (χ2v) is 8.68. The number of carbonyl (C=O) groups is 3. The molecule has 1 N–H and O–H groups in total. The summed E-state index contributed by atoms with van der Waals surface area (Å²) in [6.45, 7) is 4.17. The number of hydrogen-bond donors (Lipinski definition) is 1. The van der Waals surface area contributed by atoms with Crippen LogP contribution in [0.15, 0.2) is 48.1 Å². The Kier molecular flexibility index (Phi) is 9.92. The van der Waals surface area contributed by atoms with Crippen LogP contribution in [0, 0.1) is 0 Å². The molecule has 0 aliphatic heterocycles. The predicted molar refractivity (Wildman–Crippen MR) is 144 cm³/mol. The third-order valence-electron chi connectivity index (χ3n) is 5.34. The Morgan fingerprint density at radius 3 is 1.97 bits per heavy atom. The lowest BCUT2D eigenvalue weighted by molar-refractivity contribution is -0.113. The summed E-state index contributed by atoms with van der Waals surface area (Å²) in [5.74, 6) is 0.0797. The first-order valence-electron chi connectivity index (χ1n) is 11.4. The first-order valence-corrected chi connectivity index (χ1v) is 12.4. The second kappa shape index (κ2) is 13.3. The van der Waals surface area contributed by atoms with E-state index in [1.54, 1.807) is 22.8 Å². The lowest BCUT2D eigenvalue weighted by Crippen LogP contribution is -2.16. The van der Waals surface area contributed by atoms with Crippen molar-refractivity contribution in [3.05, 3.63) is 54.1 Å². The number of carbonyl (C=O) groups excluding carboxylic acids is 3. The molecule has 12 nitrogen and oxygen atoms in total. The minimum Gasteiger partial charge on any atom is -0.493 e. The zero-order chi connectivity index (χ0) is 28.5. The number of amides is 1. The monoisotopic (exact) mass is 556 g/mol. The van der Waals surface area contributed by atoms with E-state index in [0.29, 0.717) is 40.3 Å². The van der Waals surface area contributed by atoms with Gasteiger partial charge in [0.1, 0.15) is 0 Å². The SMILES string of the molecule is C=CCn1c(SCC(=O)Nc2cc(C(=O)OC)cc(C(=O)OC)c2)nnc1-c1cc(OC)c(OC)c(OC)c1. The molecule has 1 heterocycles. The van der Waals surface area contributed by atoms with Gasteiger partial charge >= 0.3 is 11.9 Å². The number of esters is 2. The van der Waals surface area contributed by atoms with Crippen LogP contribution >= 0.6 is 11.8 Å². The average Bonchev–Trinajstić information content (AvgIpc) is 3.36. The van der Waals surface area contributed by atoms with E-state index in [4.69, 9.17) is 23.7 Å². The van der Waals surface area contributed by atoms with E-state index in [-0.39, 0.29) is 22.6 Å². The van der Waals surface area contributed by atoms with Gasteiger partial charge in [-0.2, -0.15) is 0 Å². The Labute approximate surface area is 229 Å². The first kappa shape index (κ1) is 29.0. The molecule has 3 rings (SSSR count). The predicted octanol–water partition coefficient (Wildman–Crippen LogP) is 3.46. The number of nitrogens with one attached hydrogen (secondary N) is 1. The Morgan fingerprint density at radius 2 is 1.49 bits per heavy atom. The van der Waals surface area contributed by atoms with Gasteiger partial charge in [-0.3, -0.25) is 9.36 Å². The zero-order valence-electron chi connectivity index (χ0n) is 22.1. The zero-order valence-corrected chi connectivity index (χ0v) is 22.9. The van der Waals surface area contributed by atoms with Crippen molar-refractivity contribution in [2.75, 3.05) is 46.6 Å². The maximum atomic E-state index is 12.8. The number of aromatic nitrogens is 3. The van der Waals surface area contributed by atoms with Gasteiger partial charge in [0.2, 0.25) is 11.7 Å². The molecule has 1 aromatic heterocycles. The van der Waals surface area contributed by atoms with E-state index < -0.39 is 17.8 Å². The van der Waals surface area contributed by atoms with Crippen molar-refractivity contribution in [3.8, 4) is 28.6 Å². The molecule has 206 valence electrons. The van der Waals surface area contributed by atoms with Gasteiger partial charge in [0.15, 0.2) is 22.5 Å². The van der Waals surface area contributed by atoms with Gasteiger partial charge in [-0.15, -0.1) is 16.8 Å². The summed E-state index contributed by atoms with van der Waals surface area (Å²) < 4.78 is 27.5. The van der Waals surface area contributed by atoms with Gasteiger partial charge < -0.3 is 29.0 Å². The molecule has 0 fully saturated rings. The normalized spacial score (nSPS) is 10.4.